The first-order valence-electron chi connectivity index (χ1n) is 4.79. The number of para-hydroxylation sites is 1. The zero-order valence-corrected chi connectivity index (χ0v) is 8.34. The first kappa shape index (κ1) is 9.90. The predicted octanol–water partition coefficient (Wildman–Crippen LogP) is 2.62. The molecule has 1 aromatic rings. The minimum atomic E-state index is 0.666. The van der Waals surface area contributed by atoms with Crippen molar-refractivity contribution in [3.63, 3.8) is 0 Å². The molecule has 0 saturated carbocycles. The maximum Gasteiger partial charge on any atom is 0.142 e. The van der Waals surface area contributed by atoms with Gasteiger partial charge in [0.25, 0.3) is 0 Å². The van der Waals surface area contributed by atoms with Crippen molar-refractivity contribution in [1.29, 1.82) is 0 Å². The lowest BCUT2D eigenvalue weighted by Crippen LogP contribution is -2.00. The zero-order chi connectivity index (χ0) is 9.68. The van der Waals surface area contributed by atoms with E-state index in [1.807, 2.05) is 19.1 Å². The first-order valence-corrected chi connectivity index (χ1v) is 4.79. The molecule has 2 nitrogen and oxygen atoms in total. The van der Waals surface area contributed by atoms with Gasteiger partial charge in [-0.3, -0.25) is 0 Å². The third kappa shape index (κ3) is 2.38. The van der Waals surface area contributed by atoms with Crippen molar-refractivity contribution in [2.75, 3.05) is 12.3 Å². The molecule has 1 rings (SSSR count). The van der Waals surface area contributed by atoms with Crippen LogP contribution in [-0.2, 0) is 6.42 Å². The summed E-state index contributed by atoms with van der Waals surface area (Å²) in [6, 6.07) is 5.96. The topological polar surface area (TPSA) is 35.2 Å². The number of benzene rings is 1. The third-order valence-corrected chi connectivity index (χ3v) is 1.98. The number of hydrogen-bond acceptors (Lipinski definition) is 2. The molecule has 0 saturated heterocycles. The molecular formula is C11H17NO. The molecule has 0 fully saturated rings. The van der Waals surface area contributed by atoms with Crippen LogP contribution in [-0.4, -0.2) is 6.61 Å². The molecule has 0 spiro atoms. The molecule has 0 unspecified atom stereocenters. The van der Waals surface area contributed by atoms with E-state index < -0.39 is 0 Å². The largest absolute Gasteiger partial charge is 0.492 e. The molecule has 2 heteroatoms. The molecule has 0 atom stereocenters. The summed E-state index contributed by atoms with van der Waals surface area (Å²) in [5, 5.41) is 0. The highest BCUT2D eigenvalue weighted by Crippen LogP contribution is 2.25. The normalized spacial score (nSPS) is 10.0. The first-order chi connectivity index (χ1) is 6.29. The van der Waals surface area contributed by atoms with Crippen molar-refractivity contribution in [2.24, 2.45) is 0 Å². The molecule has 2 N–H and O–H groups in total. The van der Waals surface area contributed by atoms with Gasteiger partial charge >= 0.3 is 0 Å². The SMILES string of the molecule is CCCc1cccc(OCC)c1N. The van der Waals surface area contributed by atoms with Crippen molar-refractivity contribution in [2.45, 2.75) is 26.7 Å². The van der Waals surface area contributed by atoms with E-state index in [0.29, 0.717) is 6.61 Å². The Bertz CT molecular complexity index is 247. The summed E-state index contributed by atoms with van der Waals surface area (Å²) in [6.45, 7) is 4.78. The molecule has 0 aliphatic heterocycles. The van der Waals surface area contributed by atoms with Crippen LogP contribution in [0.15, 0.2) is 18.2 Å². The lowest BCUT2D eigenvalue weighted by molar-refractivity contribution is 0.342. The Balaban J connectivity index is 2.89. The molecule has 0 amide bonds. The summed E-state index contributed by atoms with van der Waals surface area (Å²) in [5.41, 5.74) is 7.92. The second-order valence-corrected chi connectivity index (χ2v) is 3.01. The van der Waals surface area contributed by atoms with Crippen LogP contribution in [0.5, 0.6) is 5.75 Å². The molecule has 0 heterocycles. The Kier molecular flexibility index (Phi) is 3.62. The summed E-state index contributed by atoms with van der Waals surface area (Å²) in [5.74, 6) is 0.813. The highest BCUT2D eigenvalue weighted by atomic mass is 16.5. The van der Waals surface area contributed by atoms with E-state index in [4.69, 9.17) is 10.5 Å². The molecule has 0 aliphatic rings. The fourth-order valence-electron chi connectivity index (χ4n) is 1.36. The van der Waals surface area contributed by atoms with E-state index >= 15 is 0 Å². The van der Waals surface area contributed by atoms with Gasteiger partial charge in [0.2, 0.25) is 0 Å². The van der Waals surface area contributed by atoms with Crippen molar-refractivity contribution >= 4 is 5.69 Å². The lowest BCUT2D eigenvalue weighted by atomic mass is 10.1. The van der Waals surface area contributed by atoms with Crippen LogP contribution in [0.4, 0.5) is 5.69 Å². The van der Waals surface area contributed by atoms with E-state index in [-0.39, 0.29) is 0 Å². The minimum absolute atomic E-state index is 0.666. The van der Waals surface area contributed by atoms with Gasteiger partial charge in [0, 0.05) is 0 Å². The Hall–Kier alpha value is -1.18. The monoisotopic (exact) mass is 179 g/mol. The van der Waals surface area contributed by atoms with Crippen molar-refractivity contribution < 1.29 is 4.74 Å². The van der Waals surface area contributed by atoms with Crippen LogP contribution in [0.25, 0.3) is 0 Å². The summed E-state index contributed by atoms with van der Waals surface area (Å²) < 4.78 is 5.40. The molecule has 0 radical (unpaired) electrons. The Morgan fingerprint density at radius 3 is 2.69 bits per heavy atom. The Labute approximate surface area is 79.7 Å². The molecule has 13 heavy (non-hydrogen) atoms. The van der Waals surface area contributed by atoms with Crippen molar-refractivity contribution in [3.05, 3.63) is 23.8 Å². The highest BCUT2D eigenvalue weighted by molar-refractivity contribution is 5.58. The molecule has 0 bridgehead atoms. The number of nitrogen functional groups attached to an aromatic ring is 1. The van der Waals surface area contributed by atoms with Crippen LogP contribution in [0, 0.1) is 0 Å². The fourth-order valence-corrected chi connectivity index (χ4v) is 1.36. The molecule has 1 aromatic carbocycles. The van der Waals surface area contributed by atoms with Gasteiger partial charge in [0.05, 0.1) is 12.3 Å². The minimum Gasteiger partial charge on any atom is -0.492 e. The predicted molar refractivity (Wildman–Crippen MR) is 56.0 cm³/mol. The number of anilines is 1. The van der Waals surface area contributed by atoms with Crippen LogP contribution in [0.1, 0.15) is 25.8 Å². The summed E-state index contributed by atoms with van der Waals surface area (Å²) >= 11 is 0. The highest BCUT2D eigenvalue weighted by Gasteiger charge is 2.03. The number of hydrogen-bond donors (Lipinski definition) is 1. The molecule has 0 aromatic heterocycles. The summed E-state index contributed by atoms with van der Waals surface area (Å²) in [6.07, 6.45) is 2.13. The third-order valence-electron chi connectivity index (χ3n) is 1.98. The van der Waals surface area contributed by atoms with Gasteiger partial charge in [-0.05, 0) is 25.0 Å². The smallest absolute Gasteiger partial charge is 0.142 e. The summed E-state index contributed by atoms with van der Waals surface area (Å²) in [4.78, 5) is 0. The fraction of sp³-hybridized carbons (Fsp3) is 0.455. The van der Waals surface area contributed by atoms with E-state index in [9.17, 15) is 0 Å². The molecule has 72 valence electrons. The maximum atomic E-state index is 5.93. The van der Waals surface area contributed by atoms with Crippen LogP contribution in [0.2, 0.25) is 0 Å². The Morgan fingerprint density at radius 1 is 1.31 bits per heavy atom. The molecular weight excluding hydrogens is 162 g/mol. The average Bonchev–Trinajstić information content (AvgIpc) is 2.13. The van der Waals surface area contributed by atoms with E-state index in [1.54, 1.807) is 0 Å². The van der Waals surface area contributed by atoms with Crippen LogP contribution in [0.3, 0.4) is 0 Å². The quantitative estimate of drug-likeness (QED) is 0.721. The van der Waals surface area contributed by atoms with E-state index in [2.05, 4.69) is 13.0 Å². The second-order valence-electron chi connectivity index (χ2n) is 3.01. The van der Waals surface area contributed by atoms with E-state index in [0.717, 1.165) is 24.3 Å². The van der Waals surface area contributed by atoms with Crippen molar-refractivity contribution in [3.8, 4) is 5.75 Å². The van der Waals surface area contributed by atoms with Gasteiger partial charge in [0.1, 0.15) is 5.75 Å². The zero-order valence-electron chi connectivity index (χ0n) is 8.34. The van der Waals surface area contributed by atoms with Gasteiger partial charge in [-0.25, -0.2) is 0 Å². The number of aryl methyl sites for hydroxylation is 1. The van der Waals surface area contributed by atoms with Gasteiger partial charge < -0.3 is 10.5 Å². The average molecular weight is 179 g/mol. The maximum absolute atomic E-state index is 5.93. The van der Waals surface area contributed by atoms with Gasteiger partial charge in [-0.15, -0.1) is 0 Å². The van der Waals surface area contributed by atoms with Gasteiger partial charge in [-0.1, -0.05) is 25.5 Å². The second kappa shape index (κ2) is 4.75. The van der Waals surface area contributed by atoms with Gasteiger partial charge in [0.15, 0.2) is 0 Å². The summed E-state index contributed by atoms with van der Waals surface area (Å²) in [7, 11) is 0. The van der Waals surface area contributed by atoms with Gasteiger partial charge in [-0.2, -0.15) is 0 Å². The lowest BCUT2D eigenvalue weighted by Gasteiger charge is -2.10. The van der Waals surface area contributed by atoms with Crippen molar-refractivity contribution in [1.82, 2.24) is 0 Å². The van der Waals surface area contributed by atoms with Crippen LogP contribution < -0.4 is 10.5 Å². The standard InChI is InChI=1S/C11H17NO/c1-3-6-9-7-5-8-10(11(9)12)13-4-2/h5,7-8H,3-4,6,12H2,1-2H3. The number of rotatable bonds is 4. The Morgan fingerprint density at radius 2 is 2.08 bits per heavy atom. The van der Waals surface area contributed by atoms with Crippen LogP contribution >= 0.6 is 0 Å². The number of nitrogens with two attached hydrogens (primary N) is 1. The van der Waals surface area contributed by atoms with E-state index in [1.165, 1.54) is 5.56 Å². The number of ether oxygens (including phenoxy) is 1. The molecule has 0 aliphatic carbocycles.